The Hall–Kier alpha value is -11.4. The average molecular weight is 2050 g/mol. The molecule has 18 rings (SSSR count). The topological polar surface area (TPSA) is 103 Å². The van der Waals surface area contributed by atoms with Crippen LogP contribution >= 0.6 is 22.7 Å². The van der Waals surface area contributed by atoms with E-state index in [0.717, 1.165) is 22.4 Å². The second-order valence-corrected chi connectivity index (χ2v) is 48.7. The molecule has 150 heavy (non-hydrogen) atoms. The van der Waals surface area contributed by atoms with E-state index in [0.29, 0.717) is 118 Å². The van der Waals surface area contributed by atoms with Gasteiger partial charge in [-0.25, -0.2) is 0 Å². The number of furan rings is 1. The van der Waals surface area contributed by atoms with Crippen molar-refractivity contribution in [3.05, 3.63) is 372 Å². The molecule has 0 saturated heterocycles. The Kier molecular flexibility index (Phi) is 48.2. The Bertz CT molecular complexity index is 6430. The van der Waals surface area contributed by atoms with Gasteiger partial charge in [-0.15, -0.1) is 22.7 Å². The van der Waals surface area contributed by atoms with Crippen LogP contribution in [0.5, 0.6) is 0 Å². The van der Waals surface area contributed by atoms with Crippen LogP contribution in [0.25, 0.3) is 85.4 Å². The van der Waals surface area contributed by atoms with Crippen molar-refractivity contribution in [2.75, 3.05) is 0 Å². The lowest BCUT2D eigenvalue weighted by molar-refractivity contribution is 0.511. The molecule has 0 amide bonds. The molecule has 9 aromatic carbocycles. The van der Waals surface area contributed by atoms with E-state index in [9.17, 15) is 0 Å². The summed E-state index contributed by atoms with van der Waals surface area (Å²) in [4.78, 5) is 24.9. The van der Waals surface area contributed by atoms with Gasteiger partial charge in [-0.3, -0.25) is 24.9 Å². The van der Waals surface area contributed by atoms with E-state index in [4.69, 9.17) is 4.42 Å². The smallest absolute Gasteiger partial charge is 0.134 e. The molecular formula is C140H187N7OS2. The molecule has 0 aliphatic rings. The minimum absolute atomic E-state index is 0. The first-order valence-corrected chi connectivity index (χ1v) is 57.5. The largest absolute Gasteiger partial charge is 0.460 e. The Balaban J connectivity index is 0.000000203. The van der Waals surface area contributed by atoms with Gasteiger partial charge in [0.15, 0.2) is 0 Å². The quantitative estimate of drug-likeness (QED) is 0.0743. The van der Waals surface area contributed by atoms with Gasteiger partial charge in [0.1, 0.15) is 11.3 Å². The van der Waals surface area contributed by atoms with Crippen LogP contribution in [-0.4, -0.2) is 35.1 Å². The van der Waals surface area contributed by atoms with Crippen LogP contribution in [0, 0.1) is 0 Å². The average Bonchev–Trinajstić information content (AvgIpc) is 1.67. The van der Waals surface area contributed by atoms with E-state index in [2.05, 4.69) is 488 Å². The lowest BCUT2D eigenvalue weighted by Gasteiger charge is -2.18. The zero-order chi connectivity index (χ0) is 110. The Morgan fingerprint density at radius 1 is 0.200 bits per heavy atom. The fraction of sp³-hybridized carbons (Fsp3) is 0.436. The summed E-state index contributed by atoms with van der Waals surface area (Å²) >= 11 is 3.92. The van der Waals surface area contributed by atoms with Crippen molar-refractivity contribution in [3.8, 4) is 0 Å². The van der Waals surface area contributed by atoms with E-state index in [-0.39, 0.29) is 7.43 Å². The molecule has 800 valence electrons. The van der Waals surface area contributed by atoms with Crippen molar-refractivity contribution in [2.24, 2.45) is 0 Å². The zero-order valence-corrected chi connectivity index (χ0v) is 100. The van der Waals surface area contributed by atoms with Gasteiger partial charge < -0.3 is 4.42 Å². The van der Waals surface area contributed by atoms with E-state index in [1.807, 2.05) is 109 Å². The maximum atomic E-state index is 5.92. The molecule has 0 aliphatic carbocycles. The predicted octanol–water partition coefficient (Wildman–Crippen LogP) is 44.7. The van der Waals surface area contributed by atoms with E-state index in [1.165, 1.54) is 152 Å². The standard InChI is InChI=1S/C16H20.4C15H19N.C14H18O.2C14H18S.C11H17N.C10H16N2.CH4/c1-11(2)14-10-9-13-7-5-6-8-15(13)16(14)12(3)4;1-10(2)13-6-5-12-7-8-16-9-14(12)15(13)11(3)4;1-10(2)12-7-8-14-13(6-5-9-16-14)15(12)11(3)4;1-10(2)13-8-7-12-6-5-9-16-15(12)14(13)11(3)4;1-10(2)13-8-12-6-5-7-16-15(12)9-14(13)11(3)4;3*1-9(2)13-11-7-5-6-8-12(11)15-14(13)10(3)4;1-8(2)10-5-6-12-7-11(10)9(3)4;1-7(2)9-5-11-12-6-10(9)8(3)4;/h5-12H,1-4H3;4*5-11H,1-4H3;3*5-10H,1-4H3;5-9H,1-4H3;5-8H,1-4H3;1H4. The summed E-state index contributed by atoms with van der Waals surface area (Å²) in [7, 11) is 0. The summed E-state index contributed by atoms with van der Waals surface area (Å²) in [5.41, 5.74) is 28.9. The molecule has 8 nitrogen and oxygen atoms in total. The third kappa shape index (κ3) is 32.3. The van der Waals surface area contributed by atoms with Crippen LogP contribution in [0.2, 0.25) is 0 Å². The number of fused-ring (bicyclic) bond motifs is 8. The van der Waals surface area contributed by atoms with Crippen LogP contribution in [0.15, 0.2) is 266 Å². The summed E-state index contributed by atoms with van der Waals surface area (Å²) in [6, 6.07) is 73.6. The highest BCUT2D eigenvalue weighted by Gasteiger charge is 2.25. The number of aromatic nitrogens is 7. The normalized spacial score (nSPS) is 11.5. The van der Waals surface area contributed by atoms with Gasteiger partial charge in [-0.05, 0) is 295 Å². The molecule has 0 unspecified atom stereocenters. The number of benzene rings is 9. The summed E-state index contributed by atoms with van der Waals surface area (Å²) < 4.78 is 8.79. The number of pyridine rings is 5. The molecule has 10 heteroatoms. The number of thiophene rings is 2. The van der Waals surface area contributed by atoms with Gasteiger partial charge in [-0.2, -0.15) is 10.2 Å². The van der Waals surface area contributed by atoms with Crippen LogP contribution in [0.4, 0.5) is 0 Å². The van der Waals surface area contributed by atoms with Gasteiger partial charge in [0.05, 0.1) is 28.9 Å². The summed E-state index contributed by atoms with van der Waals surface area (Å²) in [6.07, 6.45) is 17.1. The first-order valence-electron chi connectivity index (χ1n) is 55.9. The van der Waals surface area contributed by atoms with Crippen molar-refractivity contribution in [2.45, 2.75) is 403 Å². The van der Waals surface area contributed by atoms with Crippen molar-refractivity contribution in [1.82, 2.24) is 35.1 Å². The lowest BCUT2D eigenvalue weighted by atomic mass is 9.86. The van der Waals surface area contributed by atoms with E-state index in [1.54, 1.807) is 20.9 Å². The summed E-state index contributed by atoms with van der Waals surface area (Å²) in [5, 5.41) is 21.2. The molecule has 18 aromatic rings. The fourth-order valence-electron chi connectivity index (χ4n) is 20.7. The molecule has 9 heterocycles. The van der Waals surface area contributed by atoms with E-state index >= 15 is 0 Å². The van der Waals surface area contributed by atoms with Gasteiger partial charge in [-0.1, -0.05) is 424 Å². The Morgan fingerprint density at radius 3 is 0.987 bits per heavy atom. The first kappa shape index (κ1) is 124. The minimum Gasteiger partial charge on any atom is -0.460 e. The number of para-hydroxylation sites is 1. The molecule has 9 aromatic heterocycles. The third-order valence-electron chi connectivity index (χ3n) is 27.9. The van der Waals surface area contributed by atoms with Crippen molar-refractivity contribution < 1.29 is 4.42 Å². The zero-order valence-electron chi connectivity index (χ0n) is 98.7. The summed E-state index contributed by atoms with van der Waals surface area (Å²) in [6.45, 7) is 89.9. The van der Waals surface area contributed by atoms with E-state index < -0.39 is 0 Å². The predicted molar refractivity (Wildman–Crippen MR) is 666 cm³/mol. The van der Waals surface area contributed by atoms with Crippen molar-refractivity contribution >= 4 is 108 Å². The van der Waals surface area contributed by atoms with Crippen molar-refractivity contribution in [1.29, 1.82) is 0 Å². The fourth-order valence-corrected chi connectivity index (χ4v) is 23.4. The Morgan fingerprint density at radius 2 is 0.540 bits per heavy atom. The molecule has 0 N–H and O–H groups in total. The molecule has 0 radical (unpaired) electrons. The number of rotatable bonds is 20. The molecule has 0 fully saturated rings. The van der Waals surface area contributed by atoms with Crippen LogP contribution in [0.1, 0.15) is 513 Å². The lowest BCUT2D eigenvalue weighted by Crippen LogP contribution is -2.00. The maximum Gasteiger partial charge on any atom is 0.134 e. The minimum atomic E-state index is 0. The van der Waals surface area contributed by atoms with Crippen LogP contribution in [-0.2, 0) is 0 Å². The molecule has 0 spiro atoms. The van der Waals surface area contributed by atoms with Crippen LogP contribution < -0.4 is 0 Å². The number of hydrogen-bond donors (Lipinski definition) is 0. The van der Waals surface area contributed by atoms with Gasteiger partial charge in [0, 0.05) is 101 Å². The SMILES string of the molecule is C.CC(C)c1cc2cccnc2cc1C(C)C.CC(C)c1ccc2ccccc2c1C(C)C.CC(C)c1ccc2cccnc2c1C(C)C.CC(C)c1ccc2ccncc2c1C(C)C.CC(C)c1ccc2ncccc2c1C(C)C.CC(C)c1ccncc1C(C)C.CC(C)c1cnncc1C(C)C.CC(C)c1oc2ccccc2c1C(C)C.CC(C)c1sc2ccccc2c1C(C)C.CC(C)c1sc2ccccc2c1C(C)C. The molecular weight excluding hydrogens is 1860 g/mol. The highest BCUT2D eigenvalue weighted by Crippen LogP contribution is 2.45. The second-order valence-electron chi connectivity index (χ2n) is 46.5. The number of hydrogen-bond acceptors (Lipinski definition) is 10. The van der Waals surface area contributed by atoms with Gasteiger partial charge >= 0.3 is 0 Å². The highest BCUT2D eigenvalue weighted by atomic mass is 32.1. The maximum absolute atomic E-state index is 5.92. The summed E-state index contributed by atoms with van der Waals surface area (Å²) in [5.74, 6) is 12.5. The number of nitrogens with zero attached hydrogens (tertiary/aromatic N) is 7. The molecule has 0 atom stereocenters. The Labute approximate surface area is 915 Å². The molecule has 0 saturated carbocycles. The molecule has 0 bridgehead atoms. The second kappa shape index (κ2) is 58.4. The first-order chi connectivity index (χ1) is 70.6. The third-order valence-corrected chi connectivity index (χ3v) is 30.9. The highest BCUT2D eigenvalue weighted by molar-refractivity contribution is 7.19. The molecule has 0 aliphatic heterocycles. The van der Waals surface area contributed by atoms with Crippen LogP contribution in [0.3, 0.4) is 0 Å². The van der Waals surface area contributed by atoms with Crippen molar-refractivity contribution in [3.63, 3.8) is 0 Å². The van der Waals surface area contributed by atoms with Gasteiger partial charge in [0.25, 0.3) is 0 Å². The van der Waals surface area contributed by atoms with Gasteiger partial charge in [0.2, 0.25) is 0 Å². The monoisotopic (exact) mass is 2050 g/mol.